The number of benzene rings is 1. The number of carbonyl (C=O) groups is 1. The van der Waals surface area contributed by atoms with E-state index >= 15 is 0 Å². The molecule has 1 unspecified atom stereocenters. The van der Waals surface area contributed by atoms with Crippen LogP contribution >= 0.6 is 27.3 Å². The van der Waals surface area contributed by atoms with Gasteiger partial charge in [-0.3, -0.25) is 9.00 Å². The summed E-state index contributed by atoms with van der Waals surface area (Å²) in [5, 5.41) is 0. The van der Waals surface area contributed by atoms with Crippen molar-refractivity contribution in [3.63, 3.8) is 0 Å². The molecule has 0 saturated carbocycles. The second-order valence-electron chi connectivity index (χ2n) is 3.47. The number of rotatable bonds is 4. The van der Waals surface area contributed by atoms with E-state index in [9.17, 15) is 13.4 Å². The molecule has 6 heteroatoms. The van der Waals surface area contributed by atoms with E-state index in [0.717, 1.165) is 3.79 Å². The fraction of sp³-hybridized carbons (Fsp3) is 0.0833. The summed E-state index contributed by atoms with van der Waals surface area (Å²) in [7, 11) is -1.51. The molecule has 0 aliphatic rings. The normalized spacial score (nSPS) is 12.3. The number of ketones is 1. The fourth-order valence-corrected chi connectivity index (χ4v) is 3.80. The Morgan fingerprint density at radius 1 is 1.33 bits per heavy atom. The molecule has 1 aromatic carbocycles. The fourth-order valence-electron chi connectivity index (χ4n) is 1.35. The highest BCUT2D eigenvalue weighted by Crippen LogP contribution is 2.23. The third kappa shape index (κ3) is 3.34. The van der Waals surface area contributed by atoms with Crippen LogP contribution in [0.1, 0.15) is 9.67 Å². The van der Waals surface area contributed by atoms with Gasteiger partial charge in [0, 0.05) is 4.90 Å². The zero-order chi connectivity index (χ0) is 13.1. The first-order valence-electron chi connectivity index (χ1n) is 4.99. The summed E-state index contributed by atoms with van der Waals surface area (Å²) < 4.78 is 25.7. The van der Waals surface area contributed by atoms with E-state index in [1.165, 1.54) is 29.5 Å². The van der Waals surface area contributed by atoms with Gasteiger partial charge in [0.25, 0.3) is 0 Å². The number of hydrogen-bond acceptors (Lipinski definition) is 3. The van der Waals surface area contributed by atoms with E-state index in [-0.39, 0.29) is 11.5 Å². The van der Waals surface area contributed by atoms with Crippen molar-refractivity contribution in [3.8, 4) is 0 Å². The summed E-state index contributed by atoms with van der Waals surface area (Å²) in [6, 6.07) is 8.95. The van der Waals surface area contributed by atoms with Crippen LogP contribution in [0.25, 0.3) is 0 Å². The van der Waals surface area contributed by atoms with Gasteiger partial charge in [-0.05, 0) is 46.3 Å². The highest BCUT2D eigenvalue weighted by Gasteiger charge is 2.14. The second kappa shape index (κ2) is 5.86. The highest BCUT2D eigenvalue weighted by molar-refractivity contribution is 9.11. The maximum Gasteiger partial charge on any atom is 0.185 e. The van der Waals surface area contributed by atoms with Gasteiger partial charge < -0.3 is 0 Å². The molecule has 94 valence electrons. The van der Waals surface area contributed by atoms with Gasteiger partial charge in [-0.1, -0.05) is 6.07 Å². The van der Waals surface area contributed by atoms with E-state index in [1.54, 1.807) is 18.2 Å². The van der Waals surface area contributed by atoms with Gasteiger partial charge in [0.05, 0.1) is 25.2 Å². The SMILES string of the molecule is O=C(CS(=O)c1cccc(F)c1)c1ccc(Br)s1. The number of thiophene rings is 1. The van der Waals surface area contributed by atoms with Crippen molar-refractivity contribution >= 4 is 43.8 Å². The van der Waals surface area contributed by atoms with Crippen molar-refractivity contribution < 1.29 is 13.4 Å². The average molecular weight is 347 g/mol. The molecular formula is C12H8BrFO2S2. The molecule has 0 amide bonds. The van der Waals surface area contributed by atoms with Gasteiger partial charge in [-0.15, -0.1) is 11.3 Å². The quantitative estimate of drug-likeness (QED) is 0.792. The zero-order valence-corrected chi connectivity index (χ0v) is 12.3. The van der Waals surface area contributed by atoms with Crippen LogP contribution in [0.5, 0.6) is 0 Å². The van der Waals surface area contributed by atoms with E-state index in [1.807, 2.05) is 0 Å². The largest absolute Gasteiger partial charge is 0.292 e. The van der Waals surface area contributed by atoms with Crippen LogP contribution in [0.2, 0.25) is 0 Å². The lowest BCUT2D eigenvalue weighted by Gasteiger charge is -2.00. The molecule has 1 heterocycles. The Kier molecular flexibility index (Phi) is 4.42. The van der Waals surface area contributed by atoms with Crippen molar-refractivity contribution in [1.82, 2.24) is 0 Å². The third-order valence-corrected chi connectivity index (χ3v) is 5.14. The minimum absolute atomic E-state index is 0.129. The van der Waals surface area contributed by atoms with Gasteiger partial charge in [0.15, 0.2) is 5.78 Å². The monoisotopic (exact) mass is 346 g/mol. The number of Topliss-reactive ketones (excluding diaryl/α,β-unsaturated/α-hetero) is 1. The van der Waals surface area contributed by atoms with Gasteiger partial charge in [0.1, 0.15) is 5.82 Å². The second-order valence-corrected chi connectivity index (χ2v) is 7.39. The van der Waals surface area contributed by atoms with E-state index in [2.05, 4.69) is 15.9 Å². The van der Waals surface area contributed by atoms with Crippen molar-refractivity contribution in [2.24, 2.45) is 0 Å². The van der Waals surface area contributed by atoms with Crippen molar-refractivity contribution in [2.75, 3.05) is 5.75 Å². The summed E-state index contributed by atoms with van der Waals surface area (Å²) in [5.41, 5.74) is 0. The molecule has 2 nitrogen and oxygen atoms in total. The minimum atomic E-state index is -1.51. The lowest BCUT2D eigenvalue weighted by Crippen LogP contribution is -2.09. The molecule has 2 aromatic rings. The zero-order valence-electron chi connectivity index (χ0n) is 9.06. The van der Waals surface area contributed by atoms with Crippen molar-refractivity contribution in [1.29, 1.82) is 0 Å². The summed E-state index contributed by atoms with van der Waals surface area (Å²) in [6.45, 7) is 0. The predicted molar refractivity (Wildman–Crippen MR) is 74.0 cm³/mol. The molecule has 0 fully saturated rings. The van der Waals surface area contributed by atoms with Crippen molar-refractivity contribution in [2.45, 2.75) is 4.90 Å². The topological polar surface area (TPSA) is 34.1 Å². The molecule has 0 aliphatic heterocycles. The first-order valence-corrected chi connectivity index (χ1v) is 7.91. The van der Waals surface area contributed by atoms with Gasteiger partial charge in [-0.2, -0.15) is 0 Å². The summed E-state index contributed by atoms with van der Waals surface area (Å²) in [6.07, 6.45) is 0. The summed E-state index contributed by atoms with van der Waals surface area (Å²) >= 11 is 4.56. The molecule has 2 rings (SSSR count). The molecule has 1 aromatic heterocycles. The highest BCUT2D eigenvalue weighted by atomic mass is 79.9. The van der Waals surface area contributed by atoms with Crippen LogP contribution in [0.15, 0.2) is 45.1 Å². The van der Waals surface area contributed by atoms with Gasteiger partial charge >= 0.3 is 0 Å². The number of halogens is 2. The standard InChI is InChI=1S/C12H8BrFO2S2/c13-12-5-4-11(17-12)10(15)7-18(16)9-3-1-2-8(14)6-9/h1-6H,7H2. The maximum absolute atomic E-state index is 13.0. The molecule has 0 spiro atoms. The molecule has 0 aliphatic carbocycles. The number of hydrogen-bond donors (Lipinski definition) is 0. The van der Waals surface area contributed by atoms with Crippen LogP contribution in [0, 0.1) is 5.82 Å². The Balaban J connectivity index is 2.10. The van der Waals surface area contributed by atoms with Gasteiger partial charge in [0.2, 0.25) is 0 Å². The van der Waals surface area contributed by atoms with Crippen LogP contribution in [0.3, 0.4) is 0 Å². The van der Waals surface area contributed by atoms with Crippen LogP contribution < -0.4 is 0 Å². The molecule has 0 bridgehead atoms. The lowest BCUT2D eigenvalue weighted by molar-refractivity contribution is 0.102. The Morgan fingerprint density at radius 3 is 2.72 bits per heavy atom. The molecule has 1 atom stereocenters. The Labute approximate surface area is 118 Å². The smallest absolute Gasteiger partial charge is 0.185 e. The number of carbonyl (C=O) groups excluding carboxylic acids is 1. The van der Waals surface area contributed by atoms with Crippen LogP contribution in [0.4, 0.5) is 4.39 Å². The molecule has 0 radical (unpaired) electrons. The minimum Gasteiger partial charge on any atom is -0.292 e. The Bertz CT molecular complexity index is 610. The first kappa shape index (κ1) is 13.6. The Morgan fingerprint density at radius 2 is 2.11 bits per heavy atom. The predicted octanol–water partition coefficient (Wildman–Crippen LogP) is 3.64. The third-order valence-electron chi connectivity index (χ3n) is 2.17. The lowest BCUT2D eigenvalue weighted by atomic mass is 10.3. The van der Waals surface area contributed by atoms with Crippen molar-refractivity contribution in [3.05, 3.63) is 50.9 Å². The van der Waals surface area contributed by atoms with Crippen LogP contribution in [-0.2, 0) is 10.8 Å². The molecule has 18 heavy (non-hydrogen) atoms. The molecular weight excluding hydrogens is 339 g/mol. The van der Waals surface area contributed by atoms with E-state index < -0.39 is 16.6 Å². The Hall–Kier alpha value is -0.850. The average Bonchev–Trinajstić information content (AvgIpc) is 2.76. The maximum atomic E-state index is 13.0. The molecule has 0 N–H and O–H groups in total. The summed E-state index contributed by atoms with van der Waals surface area (Å²) in [4.78, 5) is 12.7. The molecule has 0 saturated heterocycles. The first-order chi connectivity index (χ1) is 8.56. The van der Waals surface area contributed by atoms with E-state index in [0.29, 0.717) is 9.77 Å². The van der Waals surface area contributed by atoms with Gasteiger partial charge in [-0.25, -0.2) is 4.39 Å². The van der Waals surface area contributed by atoms with Crippen LogP contribution in [-0.4, -0.2) is 15.7 Å². The summed E-state index contributed by atoms with van der Waals surface area (Å²) in [5.74, 6) is -0.781. The van der Waals surface area contributed by atoms with E-state index in [4.69, 9.17) is 0 Å².